The van der Waals surface area contributed by atoms with Gasteiger partial charge in [0.15, 0.2) is 0 Å². The minimum Gasteiger partial charge on any atom is -0.478 e. The summed E-state index contributed by atoms with van der Waals surface area (Å²) in [6.07, 6.45) is 7.29. The van der Waals surface area contributed by atoms with Crippen LogP contribution < -0.4 is 5.32 Å². The number of hydrogen-bond acceptors (Lipinski definition) is 4. The van der Waals surface area contributed by atoms with Gasteiger partial charge in [-0.1, -0.05) is 0 Å². The van der Waals surface area contributed by atoms with Gasteiger partial charge >= 0.3 is 5.97 Å². The second-order valence-electron chi connectivity index (χ2n) is 3.17. The van der Waals surface area contributed by atoms with E-state index < -0.39 is 12.1 Å². The zero-order valence-electron chi connectivity index (χ0n) is 8.55. The summed E-state index contributed by atoms with van der Waals surface area (Å²) in [5.41, 5.74) is 0.481. The molecule has 0 aliphatic heterocycles. The van der Waals surface area contributed by atoms with Gasteiger partial charge in [0.2, 0.25) is 0 Å². The average molecular weight is 220 g/mol. The standard InChI is InChI=1S/C11H12N2O3/c1-2-3-8(14)6-13-10-4-5-12-7-9(10)11(15)16/h1,4-5,7-8,14H,3,6H2,(H,12,13)(H,15,16). The van der Waals surface area contributed by atoms with Crippen molar-refractivity contribution >= 4 is 11.7 Å². The van der Waals surface area contributed by atoms with Gasteiger partial charge in [0.1, 0.15) is 5.56 Å². The van der Waals surface area contributed by atoms with Crippen molar-refractivity contribution < 1.29 is 15.0 Å². The fourth-order valence-electron chi connectivity index (χ4n) is 1.16. The molecule has 0 radical (unpaired) electrons. The van der Waals surface area contributed by atoms with E-state index in [1.54, 1.807) is 0 Å². The number of aliphatic hydroxyl groups is 1. The summed E-state index contributed by atoms with van der Waals surface area (Å²) in [5.74, 6) is 1.25. The highest BCUT2D eigenvalue weighted by Gasteiger charge is 2.10. The van der Waals surface area contributed by atoms with Crippen LogP contribution in [0.4, 0.5) is 5.69 Å². The van der Waals surface area contributed by atoms with Crippen LogP contribution in [-0.2, 0) is 0 Å². The monoisotopic (exact) mass is 220 g/mol. The molecular weight excluding hydrogens is 208 g/mol. The molecule has 0 spiro atoms. The SMILES string of the molecule is C#CCC(O)CNc1ccncc1C(=O)O. The van der Waals surface area contributed by atoms with Gasteiger partial charge in [0.25, 0.3) is 0 Å². The van der Waals surface area contributed by atoms with E-state index in [1.807, 2.05) is 0 Å². The second-order valence-corrected chi connectivity index (χ2v) is 3.17. The molecule has 1 unspecified atom stereocenters. The molecule has 0 amide bonds. The lowest BCUT2D eigenvalue weighted by Gasteiger charge is -2.11. The molecule has 1 aromatic rings. The van der Waals surface area contributed by atoms with E-state index >= 15 is 0 Å². The molecule has 1 heterocycles. The molecular formula is C11H12N2O3. The van der Waals surface area contributed by atoms with Gasteiger partial charge in [-0.2, -0.15) is 0 Å². The third-order valence-corrected chi connectivity index (χ3v) is 1.93. The van der Waals surface area contributed by atoms with Crippen LogP contribution in [0.5, 0.6) is 0 Å². The molecule has 0 aromatic carbocycles. The van der Waals surface area contributed by atoms with Crippen molar-refractivity contribution in [3.63, 3.8) is 0 Å². The number of nitrogens with one attached hydrogen (secondary N) is 1. The normalized spacial score (nSPS) is 11.5. The zero-order chi connectivity index (χ0) is 12.0. The number of aromatic carboxylic acids is 1. The fraction of sp³-hybridized carbons (Fsp3) is 0.273. The Morgan fingerprint density at radius 1 is 1.69 bits per heavy atom. The number of carbonyl (C=O) groups is 1. The summed E-state index contributed by atoms with van der Waals surface area (Å²) < 4.78 is 0. The third-order valence-electron chi connectivity index (χ3n) is 1.93. The summed E-state index contributed by atoms with van der Waals surface area (Å²) in [5, 5.41) is 21.0. The molecule has 84 valence electrons. The molecule has 1 rings (SSSR count). The molecule has 0 saturated carbocycles. The lowest BCUT2D eigenvalue weighted by Crippen LogP contribution is -2.20. The third kappa shape index (κ3) is 3.26. The molecule has 0 saturated heterocycles. The first-order valence-electron chi connectivity index (χ1n) is 4.68. The maximum Gasteiger partial charge on any atom is 0.339 e. The number of carboxylic acids is 1. The van der Waals surface area contributed by atoms with Crippen LogP contribution in [0.2, 0.25) is 0 Å². The number of aromatic nitrogens is 1. The number of rotatable bonds is 5. The van der Waals surface area contributed by atoms with E-state index in [-0.39, 0.29) is 18.5 Å². The van der Waals surface area contributed by atoms with Crippen LogP contribution in [0.1, 0.15) is 16.8 Å². The summed E-state index contributed by atoms with van der Waals surface area (Å²) >= 11 is 0. The number of pyridine rings is 1. The summed E-state index contributed by atoms with van der Waals surface area (Å²) in [6, 6.07) is 1.53. The first kappa shape index (κ1) is 12.0. The maximum atomic E-state index is 10.8. The number of aliphatic hydroxyl groups excluding tert-OH is 1. The molecule has 0 fully saturated rings. The van der Waals surface area contributed by atoms with Gasteiger partial charge in [-0.05, 0) is 6.07 Å². The minimum atomic E-state index is -1.07. The van der Waals surface area contributed by atoms with Gasteiger partial charge in [0.05, 0.1) is 11.8 Å². The molecule has 0 aliphatic rings. The smallest absolute Gasteiger partial charge is 0.339 e. The highest BCUT2D eigenvalue weighted by atomic mass is 16.4. The molecule has 3 N–H and O–H groups in total. The highest BCUT2D eigenvalue weighted by Crippen LogP contribution is 2.13. The van der Waals surface area contributed by atoms with Crippen LogP contribution in [-0.4, -0.2) is 33.8 Å². The Bertz CT molecular complexity index is 412. The van der Waals surface area contributed by atoms with Crippen molar-refractivity contribution in [1.29, 1.82) is 0 Å². The number of carboxylic acid groups (broad SMARTS) is 1. The predicted octanol–water partition coefficient (Wildman–Crippen LogP) is 0.576. The average Bonchev–Trinajstić information content (AvgIpc) is 2.27. The molecule has 16 heavy (non-hydrogen) atoms. The van der Waals surface area contributed by atoms with Crippen molar-refractivity contribution in [3.8, 4) is 12.3 Å². The Kier molecular flexibility index (Phi) is 4.30. The van der Waals surface area contributed by atoms with E-state index in [4.69, 9.17) is 11.5 Å². The summed E-state index contributed by atoms with van der Waals surface area (Å²) in [6.45, 7) is 0.203. The van der Waals surface area contributed by atoms with Crippen LogP contribution in [0.3, 0.4) is 0 Å². The molecule has 5 nitrogen and oxygen atoms in total. The number of nitrogens with zero attached hydrogens (tertiary/aromatic N) is 1. The fourth-order valence-corrected chi connectivity index (χ4v) is 1.16. The Morgan fingerprint density at radius 3 is 3.06 bits per heavy atom. The van der Waals surface area contributed by atoms with Crippen LogP contribution in [0.25, 0.3) is 0 Å². The molecule has 5 heteroatoms. The van der Waals surface area contributed by atoms with Crippen LogP contribution in [0, 0.1) is 12.3 Å². The molecule has 0 bridgehead atoms. The Morgan fingerprint density at radius 2 is 2.44 bits per heavy atom. The van der Waals surface area contributed by atoms with Crippen molar-refractivity contribution in [1.82, 2.24) is 4.98 Å². The molecule has 0 aliphatic carbocycles. The van der Waals surface area contributed by atoms with Crippen molar-refractivity contribution in [2.24, 2.45) is 0 Å². The van der Waals surface area contributed by atoms with Crippen molar-refractivity contribution in [3.05, 3.63) is 24.0 Å². The maximum absolute atomic E-state index is 10.8. The van der Waals surface area contributed by atoms with E-state index in [1.165, 1.54) is 18.5 Å². The van der Waals surface area contributed by atoms with Crippen molar-refractivity contribution in [2.45, 2.75) is 12.5 Å². The van der Waals surface area contributed by atoms with Crippen LogP contribution in [0.15, 0.2) is 18.5 Å². The topological polar surface area (TPSA) is 82.5 Å². The molecule has 1 atom stereocenters. The first-order valence-corrected chi connectivity index (χ1v) is 4.68. The van der Waals surface area contributed by atoms with Crippen molar-refractivity contribution in [2.75, 3.05) is 11.9 Å². The van der Waals surface area contributed by atoms with Gasteiger partial charge in [-0.15, -0.1) is 12.3 Å². The van der Waals surface area contributed by atoms with Gasteiger partial charge in [-0.25, -0.2) is 4.79 Å². The second kappa shape index (κ2) is 5.73. The number of anilines is 1. The Hall–Kier alpha value is -2.06. The zero-order valence-corrected chi connectivity index (χ0v) is 8.55. The minimum absolute atomic E-state index is 0.0652. The van der Waals surface area contributed by atoms with Crippen LogP contribution >= 0.6 is 0 Å². The van der Waals surface area contributed by atoms with Gasteiger partial charge < -0.3 is 15.5 Å². The Labute approximate surface area is 93.1 Å². The van der Waals surface area contributed by atoms with E-state index in [2.05, 4.69) is 16.2 Å². The quantitative estimate of drug-likeness (QED) is 0.632. The largest absolute Gasteiger partial charge is 0.478 e. The molecule has 1 aromatic heterocycles. The predicted molar refractivity (Wildman–Crippen MR) is 59.1 cm³/mol. The summed E-state index contributed by atoms with van der Waals surface area (Å²) in [7, 11) is 0. The highest BCUT2D eigenvalue weighted by molar-refractivity contribution is 5.93. The number of hydrogen-bond donors (Lipinski definition) is 3. The van der Waals surface area contributed by atoms with Gasteiger partial charge in [-0.3, -0.25) is 4.98 Å². The lowest BCUT2D eigenvalue weighted by atomic mass is 10.2. The van der Waals surface area contributed by atoms with E-state index in [9.17, 15) is 9.90 Å². The van der Waals surface area contributed by atoms with Gasteiger partial charge in [0, 0.05) is 25.4 Å². The van der Waals surface area contributed by atoms with E-state index in [0.717, 1.165) is 0 Å². The van der Waals surface area contributed by atoms with E-state index in [0.29, 0.717) is 5.69 Å². The Balaban J connectivity index is 2.67. The summed E-state index contributed by atoms with van der Waals surface area (Å²) in [4.78, 5) is 14.5. The number of terminal acetylenes is 1. The lowest BCUT2D eigenvalue weighted by molar-refractivity contribution is 0.0697. The first-order chi connectivity index (χ1) is 7.65.